The second kappa shape index (κ2) is 6.46. The summed E-state index contributed by atoms with van der Waals surface area (Å²) in [4.78, 5) is 0. The molecule has 1 aliphatic rings. The molecule has 0 heterocycles. The van der Waals surface area contributed by atoms with Crippen molar-refractivity contribution in [2.75, 3.05) is 0 Å². The number of hydrogen-bond acceptors (Lipinski definition) is 2. The molecule has 4 heteroatoms. The number of rotatable bonds is 6. The molecule has 0 bridgehead atoms. The Hall–Kier alpha value is -1.58. The molecular weight excluding hydrogens is 289 g/mol. The highest BCUT2D eigenvalue weighted by atomic mass is 35.5. The molecule has 0 saturated heterocycles. The van der Waals surface area contributed by atoms with E-state index >= 15 is 0 Å². The van der Waals surface area contributed by atoms with Crippen molar-refractivity contribution in [2.24, 2.45) is 0 Å². The van der Waals surface area contributed by atoms with Gasteiger partial charge in [0.2, 0.25) is 0 Å². The van der Waals surface area contributed by atoms with Gasteiger partial charge in [0.05, 0.1) is 5.02 Å². The van der Waals surface area contributed by atoms with E-state index in [0.29, 0.717) is 17.7 Å². The molecule has 0 spiro atoms. The Morgan fingerprint density at radius 1 is 1.14 bits per heavy atom. The van der Waals surface area contributed by atoms with Gasteiger partial charge in [-0.1, -0.05) is 29.8 Å². The number of benzene rings is 2. The third-order valence-electron chi connectivity index (χ3n) is 3.51. The molecular formula is C17H17ClFNO. The van der Waals surface area contributed by atoms with Crippen LogP contribution >= 0.6 is 11.6 Å². The second-order valence-electron chi connectivity index (χ2n) is 5.32. The molecule has 1 aliphatic carbocycles. The lowest BCUT2D eigenvalue weighted by Crippen LogP contribution is -2.15. The number of ether oxygens (including phenoxy) is 1. The maximum absolute atomic E-state index is 13.0. The van der Waals surface area contributed by atoms with Crippen LogP contribution in [0.5, 0.6) is 5.75 Å². The van der Waals surface area contributed by atoms with Crippen LogP contribution in [0.1, 0.15) is 24.0 Å². The summed E-state index contributed by atoms with van der Waals surface area (Å²) in [5, 5.41) is 3.86. The Morgan fingerprint density at radius 3 is 2.57 bits per heavy atom. The molecule has 2 aromatic rings. The minimum Gasteiger partial charge on any atom is -0.489 e. The van der Waals surface area contributed by atoms with Crippen molar-refractivity contribution in [3.63, 3.8) is 0 Å². The van der Waals surface area contributed by atoms with Crippen molar-refractivity contribution >= 4 is 11.6 Å². The van der Waals surface area contributed by atoms with Crippen molar-refractivity contribution in [2.45, 2.75) is 32.0 Å². The molecule has 110 valence electrons. The molecule has 21 heavy (non-hydrogen) atoms. The van der Waals surface area contributed by atoms with Gasteiger partial charge in [-0.15, -0.1) is 0 Å². The van der Waals surface area contributed by atoms with Gasteiger partial charge in [-0.25, -0.2) is 4.39 Å². The maximum atomic E-state index is 13.0. The van der Waals surface area contributed by atoms with Crippen molar-refractivity contribution in [3.8, 4) is 5.75 Å². The molecule has 0 amide bonds. The van der Waals surface area contributed by atoms with Crippen LogP contribution in [-0.4, -0.2) is 6.04 Å². The first kappa shape index (κ1) is 14.4. The topological polar surface area (TPSA) is 21.3 Å². The van der Waals surface area contributed by atoms with Crippen LogP contribution in [-0.2, 0) is 13.2 Å². The highest BCUT2D eigenvalue weighted by Crippen LogP contribution is 2.21. The largest absolute Gasteiger partial charge is 0.489 e. The molecule has 0 aromatic heterocycles. The zero-order valence-electron chi connectivity index (χ0n) is 11.6. The lowest BCUT2D eigenvalue weighted by Gasteiger charge is -2.09. The Balaban J connectivity index is 1.54. The van der Waals surface area contributed by atoms with Crippen LogP contribution in [0.25, 0.3) is 0 Å². The molecule has 0 unspecified atom stereocenters. The Kier molecular flexibility index (Phi) is 4.42. The minimum atomic E-state index is -0.337. The maximum Gasteiger partial charge on any atom is 0.124 e. The summed E-state index contributed by atoms with van der Waals surface area (Å²) in [5.41, 5.74) is 2.02. The fraction of sp³-hybridized carbons (Fsp3) is 0.294. The number of nitrogens with one attached hydrogen (secondary N) is 1. The van der Waals surface area contributed by atoms with Crippen molar-refractivity contribution in [1.29, 1.82) is 0 Å². The van der Waals surface area contributed by atoms with E-state index in [1.54, 1.807) is 6.07 Å². The summed E-state index contributed by atoms with van der Waals surface area (Å²) in [6, 6.07) is 13.0. The van der Waals surface area contributed by atoms with Gasteiger partial charge >= 0.3 is 0 Å². The van der Waals surface area contributed by atoms with Gasteiger partial charge < -0.3 is 10.1 Å². The first-order valence-corrected chi connectivity index (χ1v) is 7.47. The van der Waals surface area contributed by atoms with Crippen LogP contribution < -0.4 is 10.1 Å². The standard InChI is InChI=1S/C17H17ClFNO/c18-17-9-14(19)4-3-13(17)11-21-16-7-1-12(2-8-16)10-20-15-5-6-15/h1-4,7-9,15,20H,5-6,10-11H2. The summed E-state index contributed by atoms with van der Waals surface area (Å²) in [7, 11) is 0. The Labute approximate surface area is 128 Å². The van der Waals surface area contributed by atoms with Gasteiger partial charge in [-0.05, 0) is 42.7 Å². The first-order chi connectivity index (χ1) is 10.2. The van der Waals surface area contributed by atoms with E-state index in [1.807, 2.05) is 12.1 Å². The highest BCUT2D eigenvalue weighted by molar-refractivity contribution is 6.31. The lowest BCUT2D eigenvalue weighted by molar-refractivity contribution is 0.306. The fourth-order valence-corrected chi connectivity index (χ4v) is 2.27. The predicted molar refractivity (Wildman–Crippen MR) is 82.0 cm³/mol. The normalized spacial score (nSPS) is 14.2. The Morgan fingerprint density at radius 2 is 1.90 bits per heavy atom. The number of halogens is 2. The smallest absolute Gasteiger partial charge is 0.124 e. The van der Waals surface area contributed by atoms with Crippen molar-refractivity contribution < 1.29 is 9.13 Å². The third-order valence-corrected chi connectivity index (χ3v) is 3.86. The molecule has 1 fully saturated rings. The van der Waals surface area contributed by atoms with Crippen LogP contribution in [0.3, 0.4) is 0 Å². The molecule has 0 aliphatic heterocycles. The van der Waals surface area contributed by atoms with E-state index in [0.717, 1.165) is 17.9 Å². The molecule has 1 saturated carbocycles. The van der Waals surface area contributed by atoms with E-state index in [4.69, 9.17) is 16.3 Å². The van der Waals surface area contributed by atoms with Gasteiger partial charge in [-0.3, -0.25) is 0 Å². The van der Waals surface area contributed by atoms with E-state index in [9.17, 15) is 4.39 Å². The highest BCUT2D eigenvalue weighted by Gasteiger charge is 2.19. The van der Waals surface area contributed by atoms with Crippen LogP contribution in [0.15, 0.2) is 42.5 Å². The monoisotopic (exact) mass is 305 g/mol. The summed E-state index contributed by atoms with van der Waals surface area (Å²) < 4.78 is 18.6. The van der Waals surface area contributed by atoms with E-state index in [2.05, 4.69) is 17.4 Å². The quantitative estimate of drug-likeness (QED) is 0.858. The zero-order valence-corrected chi connectivity index (χ0v) is 12.4. The van der Waals surface area contributed by atoms with Gasteiger partial charge in [0, 0.05) is 18.2 Å². The summed E-state index contributed by atoms with van der Waals surface area (Å²) in [6.07, 6.45) is 2.58. The van der Waals surface area contributed by atoms with Gasteiger partial charge in [0.1, 0.15) is 18.2 Å². The predicted octanol–water partition coefficient (Wildman–Crippen LogP) is 4.31. The first-order valence-electron chi connectivity index (χ1n) is 7.10. The average Bonchev–Trinajstić information content (AvgIpc) is 3.30. The number of hydrogen-bond donors (Lipinski definition) is 1. The molecule has 0 atom stereocenters. The summed E-state index contributed by atoms with van der Waals surface area (Å²) >= 11 is 5.97. The molecule has 1 N–H and O–H groups in total. The van der Waals surface area contributed by atoms with Crippen LogP contribution in [0, 0.1) is 5.82 Å². The van der Waals surface area contributed by atoms with Crippen LogP contribution in [0.4, 0.5) is 4.39 Å². The molecule has 2 nitrogen and oxygen atoms in total. The zero-order chi connectivity index (χ0) is 14.7. The SMILES string of the molecule is Fc1ccc(COc2ccc(CNC3CC3)cc2)c(Cl)c1. The van der Waals surface area contributed by atoms with Crippen molar-refractivity contribution in [1.82, 2.24) is 5.32 Å². The molecule has 3 rings (SSSR count). The van der Waals surface area contributed by atoms with E-state index in [1.165, 1.54) is 30.5 Å². The summed E-state index contributed by atoms with van der Waals surface area (Å²) in [5.74, 6) is 0.446. The second-order valence-corrected chi connectivity index (χ2v) is 5.73. The fourth-order valence-electron chi connectivity index (χ4n) is 2.05. The summed E-state index contributed by atoms with van der Waals surface area (Å²) in [6.45, 7) is 1.23. The van der Waals surface area contributed by atoms with Gasteiger partial charge in [-0.2, -0.15) is 0 Å². The lowest BCUT2D eigenvalue weighted by atomic mass is 10.2. The van der Waals surface area contributed by atoms with E-state index in [-0.39, 0.29) is 5.82 Å². The van der Waals surface area contributed by atoms with Crippen molar-refractivity contribution in [3.05, 3.63) is 64.4 Å². The van der Waals surface area contributed by atoms with Crippen LogP contribution in [0.2, 0.25) is 5.02 Å². The molecule has 0 radical (unpaired) electrons. The Bertz CT molecular complexity index is 611. The average molecular weight is 306 g/mol. The van der Waals surface area contributed by atoms with Gasteiger partial charge in [0.25, 0.3) is 0 Å². The molecule has 2 aromatic carbocycles. The minimum absolute atomic E-state index is 0.332. The van der Waals surface area contributed by atoms with Gasteiger partial charge in [0.15, 0.2) is 0 Å². The third kappa shape index (κ3) is 4.19. The van der Waals surface area contributed by atoms with E-state index < -0.39 is 0 Å².